The number of carboxylic acids is 1. The number of esters is 1. The van der Waals surface area contributed by atoms with Crippen LogP contribution in [0.15, 0.2) is 40.0 Å². The molecular formula is C28H31ClF2N4O6S2. The second kappa shape index (κ2) is 13.0. The fraction of sp³-hybridized carbons (Fsp3) is 0.500. The summed E-state index contributed by atoms with van der Waals surface area (Å²) in [6, 6.07) is 1.07. The molecule has 2 N–H and O–H groups in total. The topological polar surface area (TPSA) is 138 Å². The van der Waals surface area contributed by atoms with Crippen molar-refractivity contribution in [1.82, 2.24) is 14.6 Å². The first-order valence-electron chi connectivity index (χ1n) is 14.0. The number of rotatable bonds is 8. The van der Waals surface area contributed by atoms with Gasteiger partial charge in [0.25, 0.3) is 0 Å². The second-order valence-corrected chi connectivity index (χ2v) is 14.2. The molecule has 1 aromatic heterocycles. The summed E-state index contributed by atoms with van der Waals surface area (Å²) in [6.07, 6.45) is 3.54. The molecule has 5 rings (SSSR count). The highest BCUT2D eigenvalue weighted by molar-refractivity contribution is 7.89. The predicted molar refractivity (Wildman–Crippen MR) is 156 cm³/mol. The number of allylic oxidation sites excluding steroid dienone is 1. The lowest BCUT2D eigenvalue weighted by Crippen LogP contribution is -2.46. The van der Waals surface area contributed by atoms with E-state index in [1.165, 1.54) is 21.7 Å². The van der Waals surface area contributed by atoms with Crippen molar-refractivity contribution < 1.29 is 36.6 Å². The van der Waals surface area contributed by atoms with E-state index >= 15 is 0 Å². The van der Waals surface area contributed by atoms with Crippen LogP contribution in [0.4, 0.5) is 8.78 Å². The molecule has 232 valence electrons. The maximum absolute atomic E-state index is 14.6. The Labute approximate surface area is 256 Å². The Morgan fingerprint density at radius 1 is 1.16 bits per heavy atom. The second-order valence-electron chi connectivity index (χ2n) is 10.7. The summed E-state index contributed by atoms with van der Waals surface area (Å²) >= 11 is 7.55. The monoisotopic (exact) mass is 656 g/mol. The van der Waals surface area contributed by atoms with E-state index in [4.69, 9.17) is 16.3 Å². The molecule has 1 saturated carbocycles. The molecule has 0 amide bonds. The van der Waals surface area contributed by atoms with Gasteiger partial charge in [0.15, 0.2) is 22.5 Å². The van der Waals surface area contributed by atoms with E-state index in [9.17, 15) is 31.9 Å². The Morgan fingerprint density at radius 3 is 2.47 bits per heavy atom. The molecule has 0 spiro atoms. The van der Waals surface area contributed by atoms with Gasteiger partial charge in [-0.15, -0.1) is 11.3 Å². The van der Waals surface area contributed by atoms with Gasteiger partial charge in [-0.3, -0.25) is 9.79 Å². The third-order valence-corrected chi connectivity index (χ3v) is 11.8. The number of hydrogen-bond donors (Lipinski definition) is 2. The van der Waals surface area contributed by atoms with Crippen LogP contribution in [-0.4, -0.2) is 65.5 Å². The van der Waals surface area contributed by atoms with E-state index in [0.717, 1.165) is 6.07 Å². The van der Waals surface area contributed by atoms with Crippen LogP contribution in [0, 0.1) is 23.5 Å². The van der Waals surface area contributed by atoms with E-state index in [0.29, 0.717) is 55.1 Å². The van der Waals surface area contributed by atoms with Crippen molar-refractivity contribution in [3.05, 3.63) is 62.2 Å². The van der Waals surface area contributed by atoms with Gasteiger partial charge < -0.3 is 15.2 Å². The molecule has 0 bridgehead atoms. The zero-order valence-corrected chi connectivity index (χ0v) is 25.7. The molecule has 3 aliphatic rings. The molecule has 1 aromatic carbocycles. The number of aliphatic imine (C=N–C) groups is 1. The highest BCUT2D eigenvalue weighted by atomic mass is 35.5. The average molecular weight is 657 g/mol. The number of aliphatic carboxylic acids is 1. The number of aromatic nitrogens is 1. The number of carbonyl (C=O) groups is 2. The average Bonchev–Trinajstić information content (AvgIpc) is 3.55. The van der Waals surface area contributed by atoms with E-state index in [-0.39, 0.29) is 36.8 Å². The minimum Gasteiger partial charge on any atom is -0.481 e. The molecule has 1 unspecified atom stereocenters. The number of nitrogens with one attached hydrogen (secondary N) is 1. The summed E-state index contributed by atoms with van der Waals surface area (Å²) in [7, 11) is -3.66. The fourth-order valence-corrected chi connectivity index (χ4v) is 8.82. The number of halogens is 3. The molecule has 2 aromatic rings. The van der Waals surface area contributed by atoms with Gasteiger partial charge in [0.2, 0.25) is 10.0 Å². The van der Waals surface area contributed by atoms with Crippen molar-refractivity contribution in [2.45, 2.75) is 56.7 Å². The summed E-state index contributed by atoms with van der Waals surface area (Å²) in [4.78, 5) is 33.7. The van der Waals surface area contributed by atoms with E-state index < -0.39 is 55.8 Å². The highest BCUT2D eigenvalue weighted by Crippen LogP contribution is 2.41. The summed E-state index contributed by atoms with van der Waals surface area (Å²) in [5.41, 5.74) is 0.612. The van der Waals surface area contributed by atoms with Crippen molar-refractivity contribution in [3.8, 4) is 0 Å². The minimum absolute atomic E-state index is 0.0533. The van der Waals surface area contributed by atoms with Crippen LogP contribution in [0.1, 0.15) is 62.1 Å². The Morgan fingerprint density at radius 2 is 1.86 bits per heavy atom. The number of benzene rings is 1. The Hall–Kier alpha value is -2.94. The highest BCUT2D eigenvalue weighted by Gasteiger charge is 2.42. The molecule has 43 heavy (non-hydrogen) atoms. The van der Waals surface area contributed by atoms with Gasteiger partial charge in [0, 0.05) is 41.8 Å². The summed E-state index contributed by atoms with van der Waals surface area (Å²) in [6.45, 7) is 2.07. The van der Waals surface area contributed by atoms with E-state index in [1.807, 2.05) is 0 Å². The number of carboxylic acid groups (broad SMARTS) is 1. The largest absolute Gasteiger partial charge is 0.481 e. The van der Waals surface area contributed by atoms with Crippen LogP contribution in [0.5, 0.6) is 0 Å². The first-order chi connectivity index (χ1) is 20.5. The van der Waals surface area contributed by atoms with Gasteiger partial charge in [-0.2, -0.15) is 0 Å². The van der Waals surface area contributed by atoms with Crippen molar-refractivity contribution in [2.24, 2.45) is 16.8 Å². The fourth-order valence-electron chi connectivity index (χ4n) is 5.96. The van der Waals surface area contributed by atoms with E-state index in [1.54, 1.807) is 18.5 Å². The zero-order chi connectivity index (χ0) is 30.9. The number of hydrogen-bond acceptors (Lipinski definition) is 9. The third-order valence-electron chi connectivity index (χ3n) is 8.23. The lowest BCUT2D eigenvalue weighted by Gasteiger charge is -2.38. The number of sulfonamides is 1. The molecule has 1 aliphatic carbocycles. The Kier molecular flexibility index (Phi) is 9.49. The number of thiazole rings is 1. The smallest absolute Gasteiger partial charge is 0.338 e. The van der Waals surface area contributed by atoms with Crippen molar-refractivity contribution in [3.63, 3.8) is 0 Å². The van der Waals surface area contributed by atoms with Crippen molar-refractivity contribution in [1.29, 1.82) is 0 Å². The third kappa shape index (κ3) is 6.33. The molecule has 15 heteroatoms. The quantitative estimate of drug-likeness (QED) is 0.309. The first kappa shape index (κ1) is 31.5. The SMILES string of the molecule is CCOC(=O)C1=C(C2CCN(S(=O)(=O)[C@H]3CC[C@H](C(=O)O)CC3)CC2)NC(c2nccs2)=NC1c1ccc(F)c(F)c1Cl. The standard InChI is InChI=1S/C28H31ClF2N4O6S2/c1-2-41-28(38)20-23(15-9-12-35(13-10-15)43(39,40)17-5-3-16(4-6-17)27(36)37)33-25(26-32-11-14-42-26)34-24(20)18-7-8-19(30)22(31)21(18)29/h7-8,11,14-17,24H,2-6,9-10,12-13H2,1H3,(H,33,34)(H,36,37)/t16-,17-,24?. The van der Waals surface area contributed by atoms with Crippen LogP contribution in [-0.2, 0) is 24.3 Å². The lowest BCUT2D eigenvalue weighted by molar-refractivity contribution is -0.142. The van der Waals surface area contributed by atoms with Gasteiger partial charge in [-0.05, 0) is 51.5 Å². The number of piperidine rings is 1. The van der Waals surface area contributed by atoms with Crippen molar-refractivity contribution in [2.75, 3.05) is 19.7 Å². The molecule has 1 saturated heterocycles. The number of nitrogens with zero attached hydrogens (tertiary/aromatic N) is 3. The van der Waals surface area contributed by atoms with Crippen LogP contribution in [0.25, 0.3) is 0 Å². The molecular weight excluding hydrogens is 626 g/mol. The normalized spacial score (nSPS) is 23.9. The van der Waals surface area contributed by atoms with Crippen molar-refractivity contribution >= 4 is 50.7 Å². The maximum Gasteiger partial charge on any atom is 0.338 e. The van der Waals surface area contributed by atoms with Crippen LogP contribution in [0.3, 0.4) is 0 Å². The van der Waals surface area contributed by atoms with E-state index in [2.05, 4.69) is 15.3 Å². The molecule has 0 radical (unpaired) electrons. The van der Waals surface area contributed by atoms with Crippen LogP contribution in [0.2, 0.25) is 5.02 Å². The van der Waals surface area contributed by atoms with Crippen LogP contribution >= 0.6 is 22.9 Å². The number of ether oxygens (including phenoxy) is 1. The molecule has 1 atom stereocenters. The number of carbonyl (C=O) groups excluding carboxylic acids is 1. The minimum atomic E-state index is -3.66. The molecule has 10 nitrogen and oxygen atoms in total. The molecule has 2 aliphatic heterocycles. The first-order valence-corrected chi connectivity index (χ1v) is 16.8. The van der Waals surface area contributed by atoms with Gasteiger partial charge in [0.1, 0.15) is 6.04 Å². The summed E-state index contributed by atoms with van der Waals surface area (Å²) in [5.74, 6) is -4.54. The molecule has 3 heterocycles. The Bertz CT molecular complexity index is 1550. The number of amidine groups is 1. The van der Waals surface area contributed by atoms with Gasteiger partial charge in [-0.1, -0.05) is 17.7 Å². The maximum atomic E-state index is 14.6. The van der Waals surface area contributed by atoms with Gasteiger partial charge in [-0.25, -0.2) is 31.3 Å². The zero-order valence-electron chi connectivity index (χ0n) is 23.3. The lowest BCUT2D eigenvalue weighted by atomic mass is 9.86. The predicted octanol–water partition coefficient (Wildman–Crippen LogP) is 4.67. The summed E-state index contributed by atoms with van der Waals surface area (Å²) < 4.78 is 62.4. The summed E-state index contributed by atoms with van der Waals surface area (Å²) in [5, 5.41) is 13.6. The van der Waals surface area contributed by atoms with Gasteiger partial charge in [0.05, 0.1) is 28.4 Å². The van der Waals surface area contributed by atoms with Gasteiger partial charge >= 0.3 is 11.9 Å². The van der Waals surface area contributed by atoms with Crippen LogP contribution < -0.4 is 5.32 Å². The Balaban J connectivity index is 1.46. The molecule has 2 fully saturated rings.